The molecule has 0 saturated carbocycles. The number of carbonyl (C=O) groups excluding carboxylic acids is 1. The Morgan fingerprint density at radius 1 is 1.42 bits per heavy atom. The number of unbranched alkanes of at least 4 members (excludes halogenated alkanes) is 1. The maximum absolute atomic E-state index is 11.7. The standard InChI is InChI=1S/C15H21N5O4/c1-10(11-6-2-3-8-13(11)19-20-17)24-15(23)18-9-5-4-7-12(16)14(21)22/h2-3,6,8,10,12H,4-5,7,9,16H2,1H3,(H,18,23)(H,21,22)/t10?,12-/m0/s1. The van der Waals surface area contributed by atoms with E-state index in [-0.39, 0.29) is 0 Å². The molecule has 0 fully saturated rings. The maximum Gasteiger partial charge on any atom is 0.407 e. The first-order valence-electron chi connectivity index (χ1n) is 7.52. The number of rotatable bonds is 9. The van der Waals surface area contributed by atoms with Crippen LogP contribution in [0.15, 0.2) is 29.4 Å². The Bertz CT molecular complexity index is 616. The van der Waals surface area contributed by atoms with Gasteiger partial charge in [0.05, 0.1) is 0 Å². The fourth-order valence-electron chi connectivity index (χ4n) is 2.04. The van der Waals surface area contributed by atoms with E-state index in [0.29, 0.717) is 37.1 Å². The third-order valence-corrected chi connectivity index (χ3v) is 3.34. The Hall–Kier alpha value is -2.77. The van der Waals surface area contributed by atoms with Crippen LogP contribution in [0, 0.1) is 0 Å². The van der Waals surface area contributed by atoms with Gasteiger partial charge in [0.2, 0.25) is 0 Å². The summed E-state index contributed by atoms with van der Waals surface area (Å²) in [7, 11) is 0. The summed E-state index contributed by atoms with van der Waals surface area (Å²) in [6.07, 6.45) is 0.359. The van der Waals surface area contributed by atoms with E-state index < -0.39 is 24.2 Å². The summed E-state index contributed by atoms with van der Waals surface area (Å²) in [5, 5.41) is 14.8. The molecule has 0 aliphatic carbocycles. The lowest BCUT2D eigenvalue weighted by Gasteiger charge is -2.16. The van der Waals surface area contributed by atoms with E-state index in [0.717, 1.165) is 0 Å². The number of benzene rings is 1. The molecule has 1 aromatic rings. The summed E-state index contributed by atoms with van der Waals surface area (Å²) >= 11 is 0. The Labute approximate surface area is 139 Å². The Morgan fingerprint density at radius 2 is 2.12 bits per heavy atom. The minimum atomic E-state index is -1.03. The molecular weight excluding hydrogens is 314 g/mol. The summed E-state index contributed by atoms with van der Waals surface area (Å²) in [5.41, 5.74) is 14.9. The van der Waals surface area contributed by atoms with Gasteiger partial charge in [-0.15, -0.1) is 0 Å². The zero-order valence-corrected chi connectivity index (χ0v) is 13.4. The van der Waals surface area contributed by atoms with Gasteiger partial charge in [-0.3, -0.25) is 4.79 Å². The van der Waals surface area contributed by atoms with Crippen molar-refractivity contribution >= 4 is 17.7 Å². The number of aliphatic carboxylic acids is 1. The van der Waals surface area contributed by atoms with Crippen LogP contribution in [0.5, 0.6) is 0 Å². The van der Waals surface area contributed by atoms with Crippen molar-refractivity contribution < 1.29 is 19.4 Å². The number of carboxylic acids is 1. The van der Waals surface area contributed by atoms with Gasteiger partial charge in [0.1, 0.15) is 12.1 Å². The fraction of sp³-hybridized carbons (Fsp3) is 0.467. The molecule has 4 N–H and O–H groups in total. The van der Waals surface area contributed by atoms with Gasteiger partial charge in [0.25, 0.3) is 0 Å². The van der Waals surface area contributed by atoms with E-state index >= 15 is 0 Å². The van der Waals surface area contributed by atoms with Crippen LogP contribution in [0.3, 0.4) is 0 Å². The van der Waals surface area contributed by atoms with Crippen LogP contribution in [0.25, 0.3) is 10.4 Å². The smallest absolute Gasteiger partial charge is 0.407 e. The number of carbonyl (C=O) groups is 2. The molecule has 0 radical (unpaired) electrons. The van der Waals surface area contributed by atoms with Crippen molar-refractivity contribution in [3.63, 3.8) is 0 Å². The van der Waals surface area contributed by atoms with E-state index in [2.05, 4.69) is 15.3 Å². The second-order valence-corrected chi connectivity index (χ2v) is 5.16. The first-order chi connectivity index (χ1) is 11.5. The zero-order chi connectivity index (χ0) is 17.9. The second kappa shape index (κ2) is 10.1. The van der Waals surface area contributed by atoms with E-state index in [1.54, 1.807) is 31.2 Å². The van der Waals surface area contributed by atoms with Gasteiger partial charge >= 0.3 is 12.1 Å². The largest absolute Gasteiger partial charge is 0.480 e. The number of carboxylic acid groups (broad SMARTS) is 1. The molecule has 0 heterocycles. The number of nitrogens with one attached hydrogen (secondary N) is 1. The molecule has 9 nitrogen and oxygen atoms in total. The predicted octanol–water partition coefficient (Wildman–Crippen LogP) is 3.00. The van der Waals surface area contributed by atoms with Gasteiger partial charge in [0.15, 0.2) is 0 Å². The van der Waals surface area contributed by atoms with Gasteiger partial charge in [-0.05, 0) is 31.7 Å². The van der Waals surface area contributed by atoms with Crippen molar-refractivity contribution in [2.24, 2.45) is 10.8 Å². The lowest BCUT2D eigenvalue weighted by Crippen LogP contribution is -2.30. The summed E-state index contributed by atoms with van der Waals surface area (Å²) < 4.78 is 5.24. The van der Waals surface area contributed by atoms with E-state index in [9.17, 15) is 9.59 Å². The highest BCUT2D eigenvalue weighted by molar-refractivity contribution is 5.72. The molecule has 130 valence electrons. The highest BCUT2D eigenvalue weighted by Gasteiger charge is 2.14. The Kier molecular flexibility index (Phi) is 8.10. The number of hydrogen-bond acceptors (Lipinski definition) is 5. The SMILES string of the molecule is CC(OC(=O)NCCCC[C@H](N)C(=O)O)c1ccccc1N=[N+]=[N-]. The highest BCUT2D eigenvalue weighted by Crippen LogP contribution is 2.27. The molecule has 0 spiro atoms. The molecule has 0 aromatic heterocycles. The Balaban J connectivity index is 2.37. The normalized spacial score (nSPS) is 12.6. The quantitative estimate of drug-likeness (QED) is 0.274. The number of nitrogens with two attached hydrogens (primary N) is 1. The van der Waals surface area contributed by atoms with Crippen LogP contribution in [0.2, 0.25) is 0 Å². The van der Waals surface area contributed by atoms with Crippen molar-refractivity contribution in [1.82, 2.24) is 5.32 Å². The van der Waals surface area contributed by atoms with Crippen LogP contribution in [0.1, 0.15) is 37.9 Å². The number of hydrogen-bond donors (Lipinski definition) is 3. The first kappa shape index (κ1) is 19.3. The van der Waals surface area contributed by atoms with Crippen molar-refractivity contribution in [1.29, 1.82) is 0 Å². The fourth-order valence-corrected chi connectivity index (χ4v) is 2.04. The molecule has 1 unspecified atom stereocenters. The van der Waals surface area contributed by atoms with Gasteiger partial charge in [0, 0.05) is 22.7 Å². The van der Waals surface area contributed by atoms with Crippen molar-refractivity contribution in [3.05, 3.63) is 40.3 Å². The second-order valence-electron chi connectivity index (χ2n) is 5.16. The molecule has 1 aromatic carbocycles. The van der Waals surface area contributed by atoms with Crippen LogP contribution >= 0.6 is 0 Å². The maximum atomic E-state index is 11.7. The van der Waals surface area contributed by atoms with Gasteiger partial charge in [-0.2, -0.15) is 0 Å². The molecule has 2 atom stereocenters. The average molecular weight is 335 g/mol. The number of alkyl carbamates (subject to hydrolysis) is 1. The van der Waals surface area contributed by atoms with E-state index in [1.165, 1.54) is 0 Å². The summed E-state index contributed by atoms with van der Waals surface area (Å²) in [6, 6.07) is 5.96. The third-order valence-electron chi connectivity index (χ3n) is 3.34. The number of azide groups is 1. The first-order valence-corrected chi connectivity index (χ1v) is 7.52. The summed E-state index contributed by atoms with van der Waals surface area (Å²) in [4.78, 5) is 25.0. The van der Waals surface area contributed by atoms with E-state index in [4.69, 9.17) is 21.1 Å². The van der Waals surface area contributed by atoms with Gasteiger partial charge in [-0.25, -0.2) is 4.79 Å². The minimum absolute atomic E-state index is 0.349. The number of amides is 1. The number of nitrogens with zero attached hydrogens (tertiary/aromatic N) is 3. The lowest BCUT2D eigenvalue weighted by atomic mass is 10.1. The molecule has 1 amide bonds. The van der Waals surface area contributed by atoms with E-state index in [1.807, 2.05) is 0 Å². The Morgan fingerprint density at radius 3 is 2.79 bits per heavy atom. The zero-order valence-electron chi connectivity index (χ0n) is 13.4. The highest BCUT2D eigenvalue weighted by atomic mass is 16.6. The van der Waals surface area contributed by atoms with Crippen molar-refractivity contribution in [2.75, 3.05) is 6.54 Å². The summed E-state index contributed by atoms with van der Waals surface area (Å²) in [5.74, 6) is -1.03. The van der Waals surface area contributed by atoms with Gasteiger partial charge in [-0.1, -0.05) is 29.4 Å². The monoisotopic (exact) mass is 335 g/mol. The van der Waals surface area contributed by atoms with Crippen molar-refractivity contribution in [3.8, 4) is 0 Å². The molecule has 9 heteroatoms. The topological polar surface area (TPSA) is 150 Å². The third kappa shape index (κ3) is 6.55. The molecule has 24 heavy (non-hydrogen) atoms. The van der Waals surface area contributed by atoms with Crippen molar-refractivity contribution in [2.45, 2.75) is 38.3 Å². The summed E-state index contributed by atoms with van der Waals surface area (Å²) in [6.45, 7) is 2.03. The average Bonchev–Trinajstić information content (AvgIpc) is 2.54. The van der Waals surface area contributed by atoms with Gasteiger partial charge < -0.3 is 20.9 Å². The molecule has 0 aliphatic heterocycles. The minimum Gasteiger partial charge on any atom is -0.480 e. The molecule has 0 saturated heterocycles. The lowest BCUT2D eigenvalue weighted by molar-refractivity contribution is -0.138. The molecule has 1 rings (SSSR count). The van der Waals surface area contributed by atoms with Crippen LogP contribution < -0.4 is 11.1 Å². The molecule has 0 aliphatic rings. The predicted molar refractivity (Wildman–Crippen MR) is 87.6 cm³/mol. The van der Waals surface area contributed by atoms with Crippen LogP contribution in [-0.2, 0) is 9.53 Å². The molecular formula is C15H21N5O4. The molecule has 0 bridgehead atoms. The van der Waals surface area contributed by atoms with Crippen LogP contribution in [0.4, 0.5) is 10.5 Å². The number of ether oxygens (including phenoxy) is 1. The van der Waals surface area contributed by atoms with Crippen LogP contribution in [-0.4, -0.2) is 29.8 Å².